The number of benzene rings is 1. The lowest BCUT2D eigenvalue weighted by molar-refractivity contribution is -0.0370. The molecule has 0 bridgehead atoms. The van der Waals surface area contributed by atoms with Crippen molar-refractivity contribution >= 4 is 5.91 Å². The van der Waals surface area contributed by atoms with Gasteiger partial charge in [0.2, 0.25) is 0 Å². The first-order valence-electron chi connectivity index (χ1n) is 6.84. The van der Waals surface area contributed by atoms with Gasteiger partial charge in [0.1, 0.15) is 5.82 Å². The van der Waals surface area contributed by atoms with Crippen LogP contribution < -0.4 is 5.73 Å². The highest BCUT2D eigenvalue weighted by Crippen LogP contribution is 2.22. The summed E-state index contributed by atoms with van der Waals surface area (Å²) in [6.07, 6.45) is 0. The Morgan fingerprint density at radius 2 is 2.29 bits per heavy atom. The van der Waals surface area contributed by atoms with Gasteiger partial charge in [-0.05, 0) is 32.0 Å². The van der Waals surface area contributed by atoms with Crippen LogP contribution in [-0.4, -0.2) is 42.6 Å². The molecule has 1 aliphatic heterocycles. The van der Waals surface area contributed by atoms with E-state index in [9.17, 15) is 9.18 Å². The second kappa shape index (κ2) is 6.25. The number of carbonyl (C=O) groups is 1. The van der Waals surface area contributed by atoms with Gasteiger partial charge in [0.25, 0.3) is 5.91 Å². The highest BCUT2D eigenvalue weighted by Gasteiger charge is 2.34. The van der Waals surface area contributed by atoms with Crippen LogP contribution in [0.1, 0.15) is 29.8 Å². The van der Waals surface area contributed by atoms with E-state index < -0.39 is 11.4 Å². The number of hydrogen-bond acceptors (Lipinski definition) is 3. The fourth-order valence-electron chi connectivity index (χ4n) is 2.29. The van der Waals surface area contributed by atoms with E-state index in [0.29, 0.717) is 25.3 Å². The SMILES string of the molecule is CC1(C)COCCN1C(=O)c1ccc(C#CCN)c(F)c1. The maximum Gasteiger partial charge on any atom is 0.254 e. The Kier molecular flexibility index (Phi) is 4.61. The number of hydrogen-bond donors (Lipinski definition) is 1. The van der Waals surface area contributed by atoms with Crippen LogP contribution in [0.4, 0.5) is 4.39 Å². The molecule has 2 N–H and O–H groups in total. The van der Waals surface area contributed by atoms with Gasteiger partial charge in [-0.25, -0.2) is 4.39 Å². The van der Waals surface area contributed by atoms with Gasteiger partial charge in [0, 0.05) is 12.1 Å². The number of nitrogens with zero attached hydrogens (tertiary/aromatic N) is 1. The van der Waals surface area contributed by atoms with E-state index in [-0.39, 0.29) is 18.0 Å². The maximum atomic E-state index is 14.0. The molecule has 5 heteroatoms. The van der Waals surface area contributed by atoms with Crippen LogP contribution in [0.3, 0.4) is 0 Å². The molecule has 1 heterocycles. The zero-order valence-corrected chi connectivity index (χ0v) is 12.3. The van der Waals surface area contributed by atoms with Crippen LogP contribution in [0.15, 0.2) is 18.2 Å². The summed E-state index contributed by atoms with van der Waals surface area (Å²) < 4.78 is 19.3. The van der Waals surface area contributed by atoms with Gasteiger partial charge in [0.05, 0.1) is 30.9 Å². The fourth-order valence-corrected chi connectivity index (χ4v) is 2.29. The predicted molar refractivity (Wildman–Crippen MR) is 78.3 cm³/mol. The lowest BCUT2D eigenvalue weighted by atomic mass is 10.0. The molecule has 0 radical (unpaired) electrons. The summed E-state index contributed by atoms with van der Waals surface area (Å²) in [5, 5.41) is 0. The zero-order valence-electron chi connectivity index (χ0n) is 12.3. The summed E-state index contributed by atoms with van der Waals surface area (Å²) in [7, 11) is 0. The van der Waals surface area contributed by atoms with Gasteiger partial charge in [-0.15, -0.1) is 0 Å². The predicted octanol–water partition coefficient (Wildman–Crippen LogP) is 1.39. The summed E-state index contributed by atoms with van der Waals surface area (Å²) in [6.45, 7) is 5.51. The summed E-state index contributed by atoms with van der Waals surface area (Å²) in [5.41, 5.74) is 5.43. The molecule has 1 aromatic rings. The molecule has 1 saturated heterocycles. The number of nitrogens with two attached hydrogens (primary N) is 1. The molecule has 1 fully saturated rings. The van der Waals surface area contributed by atoms with E-state index >= 15 is 0 Å². The topological polar surface area (TPSA) is 55.6 Å². The van der Waals surface area contributed by atoms with Gasteiger partial charge in [-0.2, -0.15) is 0 Å². The minimum absolute atomic E-state index is 0.169. The fraction of sp³-hybridized carbons (Fsp3) is 0.438. The monoisotopic (exact) mass is 290 g/mol. The van der Waals surface area contributed by atoms with Crippen molar-refractivity contribution in [1.29, 1.82) is 0 Å². The molecule has 4 nitrogen and oxygen atoms in total. The van der Waals surface area contributed by atoms with Crippen molar-refractivity contribution < 1.29 is 13.9 Å². The van der Waals surface area contributed by atoms with Crippen molar-refractivity contribution in [3.8, 4) is 11.8 Å². The molecule has 0 unspecified atom stereocenters. The van der Waals surface area contributed by atoms with E-state index in [2.05, 4.69) is 11.8 Å². The zero-order chi connectivity index (χ0) is 15.5. The number of rotatable bonds is 1. The van der Waals surface area contributed by atoms with Gasteiger partial charge < -0.3 is 15.4 Å². The molecular weight excluding hydrogens is 271 g/mol. The second-order valence-corrected chi connectivity index (χ2v) is 5.52. The Balaban J connectivity index is 2.25. The van der Waals surface area contributed by atoms with Crippen molar-refractivity contribution in [2.75, 3.05) is 26.3 Å². The van der Waals surface area contributed by atoms with Gasteiger partial charge in [0.15, 0.2) is 0 Å². The lowest BCUT2D eigenvalue weighted by Gasteiger charge is -2.42. The third kappa shape index (κ3) is 3.41. The molecule has 1 aromatic carbocycles. The third-order valence-corrected chi connectivity index (χ3v) is 3.43. The van der Waals surface area contributed by atoms with Crippen molar-refractivity contribution in [1.82, 2.24) is 4.90 Å². The normalized spacial score (nSPS) is 17.0. The standard InChI is InChI=1S/C16H19FN2O2/c1-16(2)11-21-9-8-19(16)15(20)13-6-5-12(4-3-7-18)14(17)10-13/h5-6,10H,7-9,11,18H2,1-2H3. The Bertz CT molecular complexity index is 602. The van der Waals surface area contributed by atoms with Gasteiger partial charge in [-0.3, -0.25) is 4.79 Å². The Labute approximate surface area is 124 Å². The quantitative estimate of drug-likeness (QED) is 0.795. The van der Waals surface area contributed by atoms with E-state index in [1.807, 2.05) is 13.8 Å². The first kappa shape index (κ1) is 15.5. The van der Waals surface area contributed by atoms with Crippen LogP contribution in [0.25, 0.3) is 0 Å². The summed E-state index contributed by atoms with van der Waals surface area (Å²) in [6, 6.07) is 4.34. The molecule has 1 amide bonds. The van der Waals surface area contributed by atoms with Crippen molar-refractivity contribution in [2.24, 2.45) is 5.73 Å². The Morgan fingerprint density at radius 1 is 1.52 bits per heavy atom. The molecule has 0 aliphatic carbocycles. The summed E-state index contributed by atoms with van der Waals surface area (Å²) in [4.78, 5) is 14.3. The first-order valence-corrected chi connectivity index (χ1v) is 6.84. The molecule has 0 aromatic heterocycles. The second-order valence-electron chi connectivity index (χ2n) is 5.52. The van der Waals surface area contributed by atoms with E-state index in [1.54, 1.807) is 11.0 Å². The van der Waals surface area contributed by atoms with Crippen molar-refractivity contribution in [3.05, 3.63) is 35.1 Å². The molecule has 112 valence electrons. The Morgan fingerprint density at radius 3 is 2.90 bits per heavy atom. The van der Waals surface area contributed by atoms with Crippen LogP contribution in [0.2, 0.25) is 0 Å². The number of ether oxygens (including phenoxy) is 1. The Hall–Kier alpha value is -1.90. The smallest absolute Gasteiger partial charge is 0.254 e. The average molecular weight is 290 g/mol. The number of amides is 1. The highest BCUT2D eigenvalue weighted by atomic mass is 19.1. The molecule has 0 saturated carbocycles. The molecule has 21 heavy (non-hydrogen) atoms. The van der Waals surface area contributed by atoms with Crippen molar-refractivity contribution in [3.63, 3.8) is 0 Å². The van der Waals surface area contributed by atoms with Crippen molar-refractivity contribution in [2.45, 2.75) is 19.4 Å². The van der Waals surface area contributed by atoms with Crippen LogP contribution in [0.5, 0.6) is 0 Å². The summed E-state index contributed by atoms with van der Waals surface area (Å²) >= 11 is 0. The highest BCUT2D eigenvalue weighted by molar-refractivity contribution is 5.95. The molecule has 0 spiro atoms. The molecule has 2 rings (SSSR count). The van der Waals surface area contributed by atoms with E-state index in [1.165, 1.54) is 12.1 Å². The van der Waals surface area contributed by atoms with E-state index in [4.69, 9.17) is 10.5 Å². The minimum Gasteiger partial charge on any atom is -0.377 e. The lowest BCUT2D eigenvalue weighted by Crippen LogP contribution is -2.55. The maximum absolute atomic E-state index is 14.0. The largest absolute Gasteiger partial charge is 0.377 e. The minimum atomic E-state index is -0.507. The first-order chi connectivity index (χ1) is 9.95. The van der Waals surface area contributed by atoms with Gasteiger partial charge in [-0.1, -0.05) is 11.8 Å². The third-order valence-electron chi connectivity index (χ3n) is 3.43. The molecule has 1 aliphatic rings. The summed E-state index contributed by atoms with van der Waals surface area (Å²) in [5.74, 6) is 4.54. The number of halogens is 1. The van der Waals surface area contributed by atoms with Crippen LogP contribution in [-0.2, 0) is 4.74 Å². The number of morpholine rings is 1. The van der Waals surface area contributed by atoms with E-state index in [0.717, 1.165) is 0 Å². The molecular formula is C16H19FN2O2. The molecule has 0 atom stereocenters. The van der Waals surface area contributed by atoms with Gasteiger partial charge >= 0.3 is 0 Å². The van der Waals surface area contributed by atoms with Crippen LogP contribution >= 0.6 is 0 Å². The average Bonchev–Trinajstić information content (AvgIpc) is 2.45. The van der Waals surface area contributed by atoms with Crippen LogP contribution in [0, 0.1) is 17.7 Å². The number of carbonyl (C=O) groups excluding carboxylic acids is 1.